The number of halogens is 1. The fourth-order valence-corrected chi connectivity index (χ4v) is 2.29. The number of hydrazine groups is 1. The summed E-state index contributed by atoms with van der Waals surface area (Å²) in [6.45, 7) is 2.20. The maximum absolute atomic E-state index is 11.3. The molecular formula is C12H12ClN3O2S. The van der Waals surface area contributed by atoms with Crippen LogP contribution in [0.1, 0.15) is 21.1 Å². The number of hydrogen-bond donors (Lipinski definition) is 2. The van der Waals surface area contributed by atoms with Gasteiger partial charge in [0.2, 0.25) is 0 Å². The fraction of sp³-hybridized carbons (Fsp3) is 0.167. The van der Waals surface area contributed by atoms with Crippen LogP contribution in [0, 0.1) is 6.92 Å². The number of nitrogens with zero attached hydrogens (tertiary/aromatic N) is 1. The number of thiazole rings is 1. The average molecular weight is 298 g/mol. The monoisotopic (exact) mass is 297 g/mol. The van der Waals surface area contributed by atoms with Gasteiger partial charge in [0, 0.05) is 10.4 Å². The molecule has 0 unspecified atom stereocenters. The third-order valence-corrected chi connectivity index (χ3v) is 3.53. The Hall–Kier alpha value is -1.63. The zero-order valence-corrected chi connectivity index (χ0v) is 11.7. The molecule has 0 aliphatic carbocycles. The highest BCUT2D eigenvalue weighted by Gasteiger charge is 2.10. The van der Waals surface area contributed by atoms with Crippen LogP contribution in [0.2, 0.25) is 5.02 Å². The number of aromatic nitrogens is 1. The highest BCUT2D eigenvalue weighted by molar-refractivity contribution is 7.11. The van der Waals surface area contributed by atoms with E-state index in [1.54, 1.807) is 17.5 Å². The molecule has 1 aromatic carbocycles. The molecule has 19 heavy (non-hydrogen) atoms. The number of carbonyl (C=O) groups is 1. The summed E-state index contributed by atoms with van der Waals surface area (Å²) >= 11 is 7.12. The van der Waals surface area contributed by atoms with Crippen LogP contribution in [0.25, 0.3) is 0 Å². The Bertz CT molecular complexity index is 600. The molecule has 0 fully saturated rings. The predicted molar refractivity (Wildman–Crippen MR) is 74.3 cm³/mol. The maximum atomic E-state index is 11.3. The number of ether oxygens (including phenoxy) is 1. The van der Waals surface area contributed by atoms with Crippen molar-refractivity contribution in [1.29, 1.82) is 0 Å². The number of hydrogen-bond acceptors (Lipinski definition) is 5. The van der Waals surface area contributed by atoms with Gasteiger partial charge in [-0.15, -0.1) is 11.3 Å². The fourth-order valence-electron chi connectivity index (χ4n) is 1.42. The van der Waals surface area contributed by atoms with Crippen molar-refractivity contribution in [2.24, 2.45) is 5.84 Å². The highest BCUT2D eigenvalue weighted by Crippen LogP contribution is 2.23. The number of amides is 1. The van der Waals surface area contributed by atoms with Crippen molar-refractivity contribution in [1.82, 2.24) is 10.4 Å². The first kappa shape index (κ1) is 13.8. The standard InChI is InChI=1S/C12H12ClN3O2S/c1-7-2-3-8(13)4-10(7)18-5-9-6-19-12(15-9)11(17)16-14/h2-4,6H,5,14H2,1H3,(H,16,17). The van der Waals surface area contributed by atoms with Crippen LogP contribution < -0.4 is 16.0 Å². The second-order valence-corrected chi connectivity index (χ2v) is 5.11. The highest BCUT2D eigenvalue weighted by atomic mass is 35.5. The molecule has 1 amide bonds. The molecule has 0 atom stereocenters. The van der Waals surface area contributed by atoms with E-state index in [1.807, 2.05) is 18.4 Å². The molecule has 1 aromatic heterocycles. The van der Waals surface area contributed by atoms with Crippen LogP contribution in [0.5, 0.6) is 5.75 Å². The van der Waals surface area contributed by atoms with Gasteiger partial charge in [-0.3, -0.25) is 10.2 Å². The van der Waals surface area contributed by atoms with Gasteiger partial charge in [0.1, 0.15) is 12.4 Å². The third-order valence-electron chi connectivity index (χ3n) is 2.40. The molecule has 0 radical (unpaired) electrons. The zero-order valence-electron chi connectivity index (χ0n) is 10.1. The summed E-state index contributed by atoms with van der Waals surface area (Å²) in [7, 11) is 0. The molecule has 1 heterocycles. The van der Waals surface area contributed by atoms with Crippen molar-refractivity contribution < 1.29 is 9.53 Å². The van der Waals surface area contributed by atoms with E-state index in [9.17, 15) is 4.79 Å². The molecular weight excluding hydrogens is 286 g/mol. The molecule has 0 aliphatic rings. The minimum absolute atomic E-state index is 0.273. The van der Waals surface area contributed by atoms with E-state index in [1.165, 1.54) is 11.3 Å². The van der Waals surface area contributed by atoms with E-state index < -0.39 is 5.91 Å². The summed E-state index contributed by atoms with van der Waals surface area (Å²) in [5.74, 6) is 5.33. The van der Waals surface area contributed by atoms with Gasteiger partial charge in [0.15, 0.2) is 5.01 Å². The van der Waals surface area contributed by atoms with E-state index >= 15 is 0 Å². The lowest BCUT2D eigenvalue weighted by molar-refractivity contribution is 0.0953. The Morgan fingerprint density at radius 1 is 1.58 bits per heavy atom. The number of nitrogens with two attached hydrogens (primary N) is 1. The summed E-state index contributed by atoms with van der Waals surface area (Å²) < 4.78 is 5.63. The molecule has 0 aliphatic heterocycles. The smallest absolute Gasteiger partial charge is 0.294 e. The van der Waals surface area contributed by atoms with Gasteiger partial charge in [-0.2, -0.15) is 0 Å². The number of aryl methyl sites for hydroxylation is 1. The van der Waals surface area contributed by atoms with Crippen LogP contribution in [0.3, 0.4) is 0 Å². The van der Waals surface area contributed by atoms with Gasteiger partial charge in [0.05, 0.1) is 5.69 Å². The molecule has 2 aromatic rings. The minimum atomic E-state index is -0.407. The van der Waals surface area contributed by atoms with Crippen LogP contribution in [0.15, 0.2) is 23.6 Å². The maximum Gasteiger partial charge on any atom is 0.294 e. The molecule has 0 saturated heterocycles. The van der Waals surface area contributed by atoms with Crippen molar-refractivity contribution in [2.45, 2.75) is 13.5 Å². The Balaban J connectivity index is 2.04. The summed E-state index contributed by atoms with van der Waals surface area (Å²) in [6.07, 6.45) is 0. The minimum Gasteiger partial charge on any atom is -0.487 e. The molecule has 0 saturated carbocycles. The van der Waals surface area contributed by atoms with Crippen LogP contribution in [-0.4, -0.2) is 10.9 Å². The van der Waals surface area contributed by atoms with Crippen molar-refractivity contribution >= 4 is 28.8 Å². The molecule has 0 spiro atoms. The Kier molecular flexibility index (Phi) is 4.36. The van der Waals surface area contributed by atoms with Gasteiger partial charge in [-0.25, -0.2) is 10.8 Å². The van der Waals surface area contributed by atoms with Gasteiger partial charge in [0.25, 0.3) is 5.91 Å². The topological polar surface area (TPSA) is 77.2 Å². The van der Waals surface area contributed by atoms with Gasteiger partial charge in [-0.05, 0) is 24.6 Å². The van der Waals surface area contributed by atoms with E-state index in [4.69, 9.17) is 22.2 Å². The van der Waals surface area contributed by atoms with Crippen LogP contribution >= 0.6 is 22.9 Å². The first-order valence-electron chi connectivity index (χ1n) is 5.44. The van der Waals surface area contributed by atoms with Crippen molar-refractivity contribution in [3.8, 4) is 5.75 Å². The van der Waals surface area contributed by atoms with Crippen molar-refractivity contribution in [2.75, 3.05) is 0 Å². The lowest BCUT2D eigenvalue weighted by Crippen LogP contribution is -2.29. The van der Waals surface area contributed by atoms with E-state index in [0.29, 0.717) is 21.5 Å². The summed E-state index contributed by atoms with van der Waals surface area (Å²) in [5, 5.41) is 2.68. The summed E-state index contributed by atoms with van der Waals surface area (Å²) in [5.41, 5.74) is 3.69. The largest absolute Gasteiger partial charge is 0.487 e. The van der Waals surface area contributed by atoms with Crippen LogP contribution in [-0.2, 0) is 6.61 Å². The summed E-state index contributed by atoms with van der Waals surface area (Å²) in [4.78, 5) is 15.4. The van der Waals surface area contributed by atoms with Gasteiger partial charge < -0.3 is 4.74 Å². The molecule has 7 heteroatoms. The van der Waals surface area contributed by atoms with Crippen LogP contribution in [0.4, 0.5) is 0 Å². The number of benzene rings is 1. The Morgan fingerprint density at radius 3 is 3.11 bits per heavy atom. The predicted octanol–water partition coefficient (Wildman–Crippen LogP) is 2.29. The third kappa shape index (κ3) is 3.44. The first-order valence-corrected chi connectivity index (χ1v) is 6.70. The second-order valence-electron chi connectivity index (χ2n) is 3.82. The normalized spacial score (nSPS) is 10.3. The van der Waals surface area contributed by atoms with E-state index in [2.05, 4.69) is 4.98 Å². The van der Waals surface area contributed by atoms with E-state index in [0.717, 1.165) is 5.56 Å². The van der Waals surface area contributed by atoms with Crippen molar-refractivity contribution in [3.63, 3.8) is 0 Å². The van der Waals surface area contributed by atoms with E-state index in [-0.39, 0.29) is 6.61 Å². The SMILES string of the molecule is Cc1ccc(Cl)cc1OCc1csc(C(=O)NN)n1. The molecule has 100 valence electrons. The van der Waals surface area contributed by atoms with Crippen molar-refractivity contribution in [3.05, 3.63) is 44.9 Å². The molecule has 2 rings (SSSR count). The molecule has 3 N–H and O–H groups in total. The molecule has 0 bridgehead atoms. The molecule has 5 nitrogen and oxygen atoms in total. The first-order chi connectivity index (χ1) is 9.10. The zero-order chi connectivity index (χ0) is 13.8. The average Bonchev–Trinajstić information content (AvgIpc) is 2.88. The number of nitrogens with one attached hydrogen (secondary N) is 1. The number of nitrogen functional groups attached to an aromatic ring is 1. The lowest BCUT2D eigenvalue weighted by Gasteiger charge is -2.07. The number of rotatable bonds is 4. The number of carbonyl (C=O) groups excluding carboxylic acids is 1. The lowest BCUT2D eigenvalue weighted by atomic mass is 10.2. The Morgan fingerprint density at radius 2 is 2.37 bits per heavy atom. The van der Waals surface area contributed by atoms with Gasteiger partial charge >= 0.3 is 0 Å². The Labute approximate surface area is 119 Å². The van der Waals surface area contributed by atoms with Gasteiger partial charge in [-0.1, -0.05) is 17.7 Å². The quantitative estimate of drug-likeness (QED) is 0.516. The summed E-state index contributed by atoms with van der Waals surface area (Å²) in [6, 6.07) is 5.43. The second kappa shape index (κ2) is 6.01.